The molecule has 108 valence electrons. The second-order valence-electron chi connectivity index (χ2n) is 4.06. The highest BCUT2D eigenvalue weighted by molar-refractivity contribution is 6.34. The molecule has 0 aliphatic rings. The number of Topliss-reactive ketones (excluding diaryl/α,β-unsaturated/α-hetero) is 1. The molecule has 0 amide bonds. The molecule has 0 aliphatic heterocycles. The van der Waals surface area contributed by atoms with Gasteiger partial charge >= 0.3 is 5.69 Å². The SMILES string of the molecule is O=C(COc1cc(Cl)ccc1[N+](=O)[O-])c1ccccc1Cl. The van der Waals surface area contributed by atoms with E-state index in [9.17, 15) is 14.9 Å². The number of carbonyl (C=O) groups excluding carboxylic acids is 1. The molecule has 0 aliphatic carbocycles. The topological polar surface area (TPSA) is 69.4 Å². The molecule has 0 heterocycles. The van der Waals surface area contributed by atoms with E-state index in [0.29, 0.717) is 10.6 Å². The molecule has 0 bridgehead atoms. The Hall–Kier alpha value is -2.11. The van der Waals surface area contributed by atoms with Crippen molar-refractivity contribution in [3.63, 3.8) is 0 Å². The van der Waals surface area contributed by atoms with Gasteiger partial charge in [-0.25, -0.2) is 0 Å². The fourth-order valence-electron chi connectivity index (χ4n) is 1.66. The highest BCUT2D eigenvalue weighted by atomic mass is 35.5. The number of nitro groups is 1. The van der Waals surface area contributed by atoms with Gasteiger partial charge in [-0.15, -0.1) is 0 Å². The Bertz CT molecular complexity index is 703. The van der Waals surface area contributed by atoms with Gasteiger partial charge in [0.05, 0.1) is 9.95 Å². The molecule has 0 saturated carbocycles. The molecule has 0 atom stereocenters. The summed E-state index contributed by atoms with van der Waals surface area (Å²) in [6.45, 7) is -0.370. The van der Waals surface area contributed by atoms with Crippen LogP contribution in [0.15, 0.2) is 42.5 Å². The molecular weight excluding hydrogens is 317 g/mol. The van der Waals surface area contributed by atoms with Crippen LogP contribution in [0.1, 0.15) is 10.4 Å². The second-order valence-corrected chi connectivity index (χ2v) is 4.90. The molecule has 2 rings (SSSR count). The van der Waals surface area contributed by atoms with Crippen molar-refractivity contribution < 1.29 is 14.5 Å². The van der Waals surface area contributed by atoms with Gasteiger partial charge in [0.2, 0.25) is 5.78 Å². The largest absolute Gasteiger partial charge is 0.478 e. The Labute approximate surface area is 130 Å². The van der Waals surface area contributed by atoms with Gasteiger partial charge in [-0.1, -0.05) is 35.3 Å². The summed E-state index contributed by atoms with van der Waals surface area (Å²) in [6, 6.07) is 10.4. The number of hydrogen-bond acceptors (Lipinski definition) is 4. The van der Waals surface area contributed by atoms with Crippen LogP contribution in [-0.2, 0) is 0 Å². The van der Waals surface area contributed by atoms with E-state index in [4.69, 9.17) is 27.9 Å². The van der Waals surface area contributed by atoms with Crippen molar-refractivity contribution in [1.82, 2.24) is 0 Å². The number of rotatable bonds is 5. The van der Waals surface area contributed by atoms with Gasteiger partial charge in [0.25, 0.3) is 0 Å². The van der Waals surface area contributed by atoms with Crippen LogP contribution < -0.4 is 4.74 Å². The average molecular weight is 326 g/mol. The van der Waals surface area contributed by atoms with Crippen LogP contribution >= 0.6 is 23.2 Å². The number of nitrogens with zero attached hydrogens (tertiary/aromatic N) is 1. The molecule has 21 heavy (non-hydrogen) atoms. The number of halogens is 2. The van der Waals surface area contributed by atoms with Crippen LogP contribution in [0.5, 0.6) is 5.75 Å². The summed E-state index contributed by atoms with van der Waals surface area (Å²) in [6.07, 6.45) is 0. The normalized spacial score (nSPS) is 10.2. The Morgan fingerprint density at radius 2 is 1.90 bits per heavy atom. The minimum absolute atomic E-state index is 0.0621. The summed E-state index contributed by atoms with van der Waals surface area (Å²) in [5.74, 6) is -0.442. The Balaban J connectivity index is 2.17. The fourth-order valence-corrected chi connectivity index (χ4v) is 2.07. The summed E-state index contributed by atoms with van der Waals surface area (Å²) >= 11 is 11.7. The van der Waals surface area contributed by atoms with E-state index in [2.05, 4.69) is 0 Å². The fraction of sp³-hybridized carbons (Fsp3) is 0.0714. The number of carbonyl (C=O) groups is 1. The van der Waals surface area contributed by atoms with Crippen LogP contribution in [0.3, 0.4) is 0 Å². The lowest BCUT2D eigenvalue weighted by molar-refractivity contribution is -0.385. The van der Waals surface area contributed by atoms with Crippen molar-refractivity contribution in [1.29, 1.82) is 0 Å². The van der Waals surface area contributed by atoms with Gasteiger partial charge in [0.1, 0.15) is 0 Å². The van der Waals surface area contributed by atoms with E-state index in [0.717, 1.165) is 0 Å². The third-order valence-corrected chi connectivity index (χ3v) is 3.22. The summed E-state index contributed by atoms with van der Waals surface area (Å²) in [5.41, 5.74) is 0.0372. The van der Waals surface area contributed by atoms with Gasteiger partial charge in [-0.05, 0) is 18.2 Å². The lowest BCUT2D eigenvalue weighted by atomic mass is 10.1. The maximum absolute atomic E-state index is 12.0. The maximum atomic E-state index is 12.0. The molecule has 0 N–H and O–H groups in total. The molecule has 2 aromatic rings. The highest BCUT2D eigenvalue weighted by Crippen LogP contribution is 2.30. The van der Waals surface area contributed by atoms with Gasteiger partial charge < -0.3 is 4.74 Å². The van der Waals surface area contributed by atoms with Crippen molar-refractivity contribution in [3.8, 4) is 5.75 Å². The highest BCUT2D eigenvalue weighted by Gasteiger charge is 2.17. The van der Waals surface area contributed by atoms with E-state index in [-0.39, 0.29) is 28.8 Å². The number of nitro benzene ring substituents is 1. The summed E-state index contributed by atoms with van der Waals surface area (Å²) in [5, 5.41) is 11.5. The molecule has 0 unspecified atom stereocenters. The van der Waals surface area contributed by atoms with Crippen LogP contribution in [0, 0.1) is 10.1 Å². The van der Waals surface area contributed by atoms with Crippen molar-refractivity contribution in [2.75, 3.05) is 6.61 Å². The molecule has 7 heteroatoms. The van der Waals surface area contributed by atoms with Gasteiger partial charge in [-0.3, -0.25) is 14.9 Å². The van der Waals surface area contributed by atoms with E-state index in [1.807, 2.05) is 0 Å². The van der Waals surface area contributed by atoms with Crippen molar-refractivity contribution in [2.24, 2.45) is 0 Å². The third kappa shape index (κ3) is 3.71. The number of ether oxygens (including phenoxy) is 1. The molecule has 2 aromatic carbocycles. The number of benzene rings is 2. The summed E-state index contributed by atoms with van der Waals surface area (Å²) < 4.78 is 5.22. The quantitative estimate of drug-likeness (QED) is 0.470. The van der Waals surface area contributed by atoms with Crippen LogP contribution in [-0.4, -0.2) is 17.3 Å². The first-order valence-electron chi connectivity index (χ1n) is 5.83. The molecule has 0 aromatic heterocycles. The van der Waals surface area contributed by atoms with Crippen molar-refractivity contribution in [2.45, 2.75) is 0 Å². The molecule has 0 radical (unpaired) electrons. The zero-order valence-corrected chi connectivity index (χ0v) is 12.1. The summed E-state index contributed by atoms with van der Waals surface area (Å²) in [4.78, 5) is 22.3. The Morgan fingerprint density at radius 3 is 2.57 bits per heavy atom. The van der Waals surface area contributed by atoms with E-state index < -0.39 is 4.92 Å². The molecule has 0 saturated heterocycles. The van der Waals surface area contributed by atoms with E-state index in [1.165, 1.54) is 18.2 Å². The minimum atomic E-state index is -0.606. The molecule has 0 spiro atoms. The standard InChI is InChI=1S/C14H9Cl2NO4/c15-9-5-6-12(17(19)20)14(7-9)21-8-13(18)10-3-1-2-4-11(10)16/h1-7H,8H2. The molecule has 5 nitrogen and oxygen atoms in total. The Morgan fingerprint density at radius 1 is 1.19 bits per heavy atom. The minimum Gasteiger partial charge on any atom is -0.478 e. The van der Waals surface area contributed by atoms with Crippen LogP contribution in [0.2, 0.25) is 10.0 Å². The monoisotopic (exact) mass is 325 g/mol. The van der Waals surface area contributed by atoms with Gasteiger partial charge in [-0.2, -0.15) is 0 Å². The first kappa shape index (κ1) is 15.3. The molecule has 0 fully saturated rings. The van der Waals surface area contributed by atoms with Crippen LogP contribution in [0.25, 0.3) is 0 Å². The van der Waals surface area contributed by atoms with E-state index >= 15 is 0 Å². The van der Waals surface area contributed by atoms with Crippen LogP contribution in [0.4, 0.5) is 5.69 Å². The first-order valence-corrected chi connectivity index (χ1v) is 6.59. The van der Waals surface area contributed by atoms with Crippen molar-refractivity contribution in [3.05, 3.63) is 68.2 Å². The lowest BCUT2D eigenvalue weighted by Crippen LogP contribution is -2.12. The second kappa shape index (κ2) is 6.56. The zero-order chi connectivity index (χ0) is 15.4. The predicted molar refractivity (Wildman–Crippen MR) is 79.4 cm³/mol. The smallest absolute Gasteiger partial charge is 0.311 e. The first-order chi connectivity index (χ1) is 9.99. The number of hydrogen-bond donors (Lipinski definition) is 0. The van der Waals surface area contributed by atoms with Crippen molar-refractivity contribution >= 4 is 34.7 Å². The number of ketones is 1. The van der Waals surface area contributed by atoms with Gasteiger partial charge in [0.15, 0.2) is 12.4 Å². The predicted octanol–water partition coefficient (Wildman–Crippen LogP) is 4.16. The maximum Gasteiger partial charge on any atom is 0.311 e. The Kier molecular flexibility index (Phi) is 4.77. The molecular formula is C14H9Cl2NO4. The summed E-state index contributed by atoms with van der Waals surface area (Å²) in [7, 11) is 0. The lowest BCUT2D eigenvalue weighted by Gasteiger charge is -2.07. The van der Waals surface area contributed by atoms with E-state index in [1.54, 1.807) is 24.3 Å². The zero-order valence-electron chi connectivity index (χ0n) is 10.6. The van der Waals surface area contributed by atoms with Gasteiger partial charge in [0, 0.05) is 22.7 Å². The third-order valence-electron chi connectivity index (χ3n) is 2.65. The average Bonchev–Trinajstić information content (AvgIpc) is 2.45.